The third-order valence-electron chi connectivity index (χ3n) is 3.38. The number of methoxy groups -OCH3 is 2. The first kappa shape index (κ1) is 18.4. The number of carbonyl (C=O) groups is 2. The van der Waals surface area contributed by atoms with E-state index >= 15 is 0 Å². The van der Waals surface area contributed by atoms with Crippen LogP contribution in [0.2, 0.25) is 0 Å². The molecule has 0 spiro atoms. The zero-order chi connectivity index (χ0) is 18.6. The van der Waals surface area contributed by atoms with Crippen LogP contribution in [0.3, 0.4) is 0 Å². The van der Waals surface area contributed by atoms with E-state index in [4.69, 9.17) is 4.74 Å². The number of hydrogen-bond acceptors (Lipinski definition) is 5. The fourth-order valence-electron chi connectivity index (χ4n) is 2.33. The molecule has 2 rings (SSSR count). The molecule has 1 heterocycles. The number of para-hydroxylation sites is 1. The fourth-order valence-corrected chi connectivity index (χ4v) is 2.33. The van der Waals surface area contributed by atoms with Gasteiger partial charge in [-0.1, -0.05) is 18.2 Å². The Morgan fingerprint density at radius 1 is 1.08 bits per heavy atom. The van der Waals surface area contributed by atoms with Crippen LogP contribution in [0.5, 0.6) is 0 Å². The molecule has 0 amide bonds. The number of esters is 2. The molecule has 132 valence electrons. The minimum Gasteiger partial charge on any atom is -0.466 e. The average Bonchev–Trinajstić information content (AvgIpc) is 3.00. The van der Waals surface area contributed by atoms with Crippen LogP contribution in [0.25, 0.3) is 10.9 Å². The molecule has 1 aromatic heterocycles. The molecule has 6 heteroatoms. The maximum absolute atomic E-state index is 12.3. The summed E-state index contributed by atoms with van der Waals surface area (Å²) < 4.78 is 11.3. The second-order valence-corrected chi connectivity index (χ2v) is 6.42. The minimum absolute atomic E-state index is 0.0330. The van der Waals surface area contributed by atoms with Crippen molar-refractivity contribution in [3.8, 4) is 0 Å². The van der Waals surface area contributed by atoms with Crippen molar-refractivity contribution in [2.45, 2.75) is 26.3 Å². The summed E-state index contributed by atoms with van der Waals surface area (Å²) in [5.74, 6) is -0.990. The summed E-state index contributed by atoms with van der Waals surface area (Å²) >= 11 is 0. The molecular formula is C19H22N2O4. The van der Waals surface area contributed by atoms with E-state index in [9.17, 15) is 9.59 Å². The van der Waals surface area contributed by atoms with Gasteiger partial charge in [0.1, 0.15) is 11.4 Å². The van der Waals surface area contributed by atoms with Gasteiger partial charge in [-0.3, -0.25) is 4.99 Å². The summed E-state index contributed by atoms with van der Waals surface area (Å²) in [5.41, 5.74) is 0.417. The van der Waals surface area contributed by atoms with Crippen molar-refractivity contribution in [3.63, 3.8) is 0 Å². The van der Waals surface area contributed by atoms with Crippen LogP contribution in [-0.4, -0.2) is 42.1 Å². The Bertz CT molecular complexity index is 854. The van der Waals surface area contributed by atoms with Gasteiger partial charge in [0.25, 0.3) is 0 Å². The van der Waals surface area contributed by atoms with E-state index in [2.05, 4.69) is 9.73 Å². The third kappa shape index (κ3) is 4.35. The first-order valence-electron chi connectivity index (χ1n) is 7.81. The quantitative estimate of drug-likeness (QED) is 0.372. The SMILES string of the molecule is COC(=O)/C=C(/C(=O)OC)C(=NC(C)(C)C)n1ccc2ccccc21. The van der Waals surface area contributed by atoms with Crippen molar-refractivity contribution in [1.82, 2.24) is 4.57 Å². The Morgan fingerprint density at radius 3 is 2.36 bits per heavy atom. The van der Waals surface area contributed by atoms with Crippen molar-refractivity contribution >= 4 is 28.7 Å². The summed E-state index contributed by atoms with van der Waals surface area (Å²) in [4.78, 5) is 28.8. The summed E-state index contributed by atoms with van der Waals surface area (Å²) in [7, 11) is 2.51. The van der Waals surface area contributed by atoms with Gasteiger partial charge in [-0.2, -0.15) is 0 Å². The third-order valence-corrected chi connectivity index (χ3v) is 3.38. The molecule has 0 aliphatic carbocycles. The molecule has 2 aromatic rings. The predicted molar refractivity (Wildman–Crippen MR) is 96.6 cm³/mol. The Balaban J connectivity index is 2.75. The lowest BCUT2D eigenvalue weighted by Gasteiger charge is -2.19. The van der Waals surface area contributed by atoms with Crippen LogP contribution in [0.15, 0.2) is 53.2 Å². The number of ether oxygens (including phenoxy) is 2. The lowest BCUT2D eigenvalue weighted by molar-refractivity contribution is -0.138. The molecular weight excluding hydrogens is 320 g/mol. The Morgan fingerprint density at radius 2 is 1.76 bits per heavy atom. The molecule has 0 saturated heterocycles. The van der Waals surface area contributed by atoms with Gasteiger partial charge >= 0.3 is 11.9 Å². The molecule has 0 N–H and O–H groups in total. The smallest absolute Gasteiger partial charge is 0.341 e. The minimum atomic E-state index is -0.661. The number of nitrogens with zero attached hydrogens (tertiary/aromatic N) is 2. The van der Waals surface area contributed by atoms with E-state index in [0.717, 1.165) is 17.0 Å². The highest BCUT2D eigenvalue weighted by Gasteiger charge is 2.24. The number of carbonyl (C=O) groups excluding carboxylic acids is 2. The number of benzene rings is 1. The summed E-state index contributed by atoms with van der Waals surface area (Å²) in [6, 6.07) is 9.62. The van der Waals surface area contributed by atoms with Crippen LogP contribution in [-0.2, 0) is 19.1 Å². The van der Waals surface area contributed by atoms with Gasteiger partial charge in [0.15, 0.2) is 0 Å². The molecule has 0 saturated carbocycles. The second kappa shape index (κ2) is 7.34. The van der Waals surface area contributed by atoms with Crippen LogP contribution in [0.4, 0.5) is 0 Å². The van der Waals surface area contributed by atoms with E-state index in [1.165, 1.54) is 14.2 Å². The van der Waals surface area contributed by atoms with Crippen molar-refractivity contribution in [1.29, 1.82) is 0 Å². The van der Waals surface area contributed by atoms with Gasteiger partial charge in [0, 0.05) is 12.3 Å². The maximum Gasteiger partial charge on any atom is 0.341 e. The largest absolute Gasteiger partial charge is 0.466 e. The lowest BCUT2D eigenvalue weighted by Crippen LogP contribution is -2.26. The normalized spacial score (nSPS) is 13.0. The number of hydrogen-bond donors (Lipinski definition) is 0. The molecule has 1 aromatic carbocycles. The molecule has 6 nitrogen and oxygen atoms in total. The van der Waals surface area contributed by atoms with Gasteiger partial charge in [-0.25, -0.2) is 9.59 Å². The van der Waals surface area contributed by atoms with E-state index < -0.39 is 17.5 Å². The molecule has 0 unspecified atom stereocenters. The number of aromatic nitrogens is 1. The number of aliphatic imine (C=N–C) groups is 1. The highest BCUT2D eigenvalue weighted by Crippen LogP contribution is 2.20. The number of rotatable bonds is 3. The number of fused-ring (bicyclic) bond motifs is 1. The summed E-state index contributed by atoms with van der Waals surface area (Å²) in [6.45, 7) is 5.73. The first-order valence-corrected chi connectivity index (χ1v) is 7.81. The van der Waals surface area contributed by atoms with Gasteiger partial charge in [0.05, 0.1) is 25.3 Å². The zero-order valence-electron chi connectivity index (χ0n) is 15.1. The first-order chi connectivity index (χ1) is 11.8. The highest BCUT2D eigenvalue weighted by atomic mass is 16.5. The molecule has 0 bridgehead atoms. The van der Waals surface area contributed by atoms with E-state index in [1.54, 1.807) is 4.57 Å². The van der Waals surface area contributed by atoms with Crippen LogP contribution < -0.4 is 0 Å². The molecule has 25 heavy (non-hydrogen) atoms. The van der Waals surface area contributed by atoms with Crippen molar-refractivity contribution < 1.29 is 19.1 Å². The van der Waals surface area contributed by atoms with E-state index in [0.29, 0.717) is 5.84 Å². The van der Waals surface area contributed by atoms with Gasteiger partial charge in [0.2, 0.25) is 0 Å². The van der Waals surface area contributed by atoms with Gasteiger partial charge < -0.3 is 14.0 Å². The molecule has 0 fully saturated rings. The van der Waals surface area contributed by atoms with Crippen LogP contribution >= 0.6 is 0 Å². The summed E-state index contributed by atoms with van der Waals surface area (Å²) in [5, 5.41) is 0.992. The van der Waals surface area contributed by atoms with E-state index in [-0.39, 0.29) is 5.57 Å². The van der Waals surface area contributed by atoms with Crippen LogP contribution in [0, 0.1) is 0 Å². The predicted octanol–water partition coefficient (Wildman–Crippen LogP) is 2.96. The summed E-state index contributed by atoms with van der Waals surface area (Å²) in [6.07, 6.45) is 2.91. The Labute approximate surface area is 146 Å². The maximum atomic E-state index is 12.3. The Kier molecular flexibility index (Phi) is 5.41. The fraction of sp³-hybridized carbons (Fsp3) is 0.316. The zero-order valence-corrected chi connectivity index (χ0v) is 15.1. The lowest BCUT2D eigenvalue weighted by atomic mass is 10.1. The second-order valence-electron chi connectivity index (χ2n) is 6.42. The van der Waals surface area contributed by atoms with Gasteiger partial charge in [-0.15, -0.1) is 0 Å². The van der Waals surface area contributed by atoms with Crippen molar-refractivity contribution in [2.75, 3.05) is 14.2 Å². The molecule has 0 aliphatic rings. The Hall–Kier alpha value is -2.89. The van der Waals surface area contributed by atoms with E-state index in [1.807, 2.05) is 57.3 Å². The van der Waals surface area contributed by atoms with Gasteiger partial charge in [-0.05, 0) is 38.3 Å². The van der Waals surface area contributed by atoms with Crippen molar-refractivity contribution in [3.05, 3.63) is 48.2 Å². The standard InChI is InChI=1S/C19H22N2O4/c1-19(2,3)20-17(14(18(23)25-5)12-16(22)24-4)21-11-10-13-8-6-7-9-15(13)21/h6-12H,1-5H3/b14-12+,20-17?. The molecule has 0 aliphatic heterocycles. The highest BCUT2D eigenvalue weighted by molar-refractivity contribution is 6.23. The average molecular weight is 342 g/mol. The monoisotopic (exact) mass is 342 g/mol. The van der Waals surface area contributed by atoms with Crippen LogP contribution in [0.1, 0.15) is 20.8 Å². The van der Waals surface area contributed by atoms with Crippen molar-refractivity contribution in [2.24, 2.45) is 4.99 Å². The topological polar surface area (TPSA) is 69.9 Å². The molecule has 0 atom stereocenters. The molecule has 0 radical (unpaired) electrons.